The molecule has 0 aliphatic rings. The predicted molar refractivity (Wildman–Crippen MR) is 56.4 cm³/mol. The van der Waals surface area contributed by atoms with E-state index in [1.165, 1.54) is 0 Å². The topological polar surface area (TPSA) is 29.5 Å². The van der Waals surface area contributed by atoms with Gasteiger partial charge in [-0.1, -0.05) is 18.2 Å². The Morgan fingerprint density at radius 3 is 2.77 bits per heavy atom. The Labute approximate surface area is 84.0 Å². The molecule has 0 spiro atoms. The quantitative estimate of drug-likeness (QED) is 0.725. The molecule has 3 heteroatoms. The van der Waals surface area contributed by atoms with E-state index in [9.17, 15) is 5.11 Å². The maximum atomic E-state index is 9.70. The van der Waals surface area contributed by atoms with Gasteiger partial charge in [0, 0.05) is 5.56 Å². The summed E-state index contributed by atoms with van der Waals surface area (Å²) in [6.07, 6.45) is 0.164. The summed E-state index contributed by atoms with van der Waals surface area (Å²) in [5, 5.41) is 9.70. The number of para-hydroxylation sites is 1. The molecule has 13 heavy (non-hydrogen) atoms. The monoisotopic (exact) mass is 198 g/mol. The van der Waals surface area contributed by atoms with Crippen molar-refractivity contribution in [1.82, 2.24) is 0 Å². The van der Waals surface area contributed by atoms with Crippen LogP contribution in [0.3, 0.4) is 0 Å². The summed E-state index contributed by atoms with van der Waals surface area (Å²) in [6, 6.07) is 7.49. The van der Waals surface area contributed by atoms with Gasteiger partial charge in [0.05, 0.1) is 13.2 Å². The molecule has 72 valence electrons. The molecule has 0 radical (unpaired) electrons. The van der Waals surface area contributed by atoms with Crippen LogP contribution in [0.15, 0.2) is 24.3 Å². The molecule has 0 fully saturated rings. The number of ether oxygens (including phenoxy) is 1. The van der Waals surface area contributed by atoms with Crippen molar-refractivity contribution in [2.45, 2.75) is 12.5 Å². The minimum Gasteiger partial charge on any atom is -0.496 e. The van der Waals surface area contributed by atoms with Gasteiger partial charge in [0.15, 0.2) is 0 Å². The summed E-state index contributed by atoms with van der Waals surface area (Å²) < 4.78 is 5.13. The van der Waals surface area contributed by atoms with Gasteiger partial charge in [0.2, 0.25) is 0 Å². The Morgan fingerprint density at radius 1 is 1.46 bits per heavy atom. The van der Waals surface area contributed by atoms with Gasteiger partial charge in [-0.3, -0.25) is 0 Å². The number of aliphatic hydroxyl groups is 1. The summed E-state index contributed by atoms with van der Waals surface area (Å²) >= 11 is 4.07. The Balaban J connectivity index is 2.85. The van der Waals surface area contributed by atoms with Crippen LogP contribution in [0.4, 0.5) is 0 Å². The largest absolute Gasteiger partial charge is 0.496 e. The average Bonchev–Trinajstić information content (AvgIpc) is 2.18. The minimum atomic E-state index is -0.478. The second kappa shape index (κ2) is 5.14. The van der Waals surface area contributed by atoms with E-state index in [4.69, 9.17) is 4.74 Å². The summed E-state index contributed by atoms with van der Waals surface area (Å²) in [7, 11) is 1.60. The number of thiol groups is 1. The van der Waals surface area contributed by atoms with E-state index < -0.39 is 6.10 Å². The Bertz CT molecular complexity index is 263. The van der Waals surface area contributed by atoms with Gasteiger partial charge in [-0.2, -0.15) is 12.6 Å². The maximum absolute atomic E-state index is 9.70. The lowest BCUT2D eigenvalue weighted by molar-refractivity contribution is 0.171. The number of benzene rings is 1. The molecule has 1 aromatic carbocycles. The first-order chi connectivity index (χ1) is 6.29. The van der Waals surface area contributed by atoms with Gasteiger partial charge in [0.25, 0.3) is 0 Å². The van der Waals surface area contributed by atoms with E-state index >= 15 is 0 Å². The molecule has 2 nitrogen and oxygen atoms in total. The van der Waals surface area contributed by atoms with Crippen LogP contribution in [0.2, 0.25) is 0 Å². The summed E-state index contributed by atoms with van der Waals surface area (Å²) in [5.74, 6) is 1.40. The van der Waals surface area contributed by atoms with Gasteiger partial charge >= 0.3 is 0 Å². The smallest absolute Gasteiger partial charge is 0.124 e. The van der Waals surface area contributed by atoms with E-state index in [0.717, 1.165) is 11.3 Å². The van der Waals surface area contributed by atoms with Crippen molar-refractivity contribution in [3.8, 4) is 5.75 Å². The molecular formula is C10H14O2S. The number of aliphatic hydroxyl groups excluding tert-OH is 1. The van der Waals surface area contributed by atoms with Crippen LogP contribution >= 0.6 is 12.6 Å². The third kappa shape index (κ3) is 2.64. The third-order valence-electron chi connectivity index (χ3n) is 1.90. The van der Waals surface area contributed by atoms with E-state index in [1.54, 1.807) is 7.11 Å². The first kappa shape index (κ1) is 10.4. The van der Waals surface area contributed by atoms with E-state index in [-0.39, 0.29) is 0 Å². The summed E-state index contributed by atoms with van der Waals surface area (Å²) in [6.45, 7) is 0. The van der Waals surface area contributed by atoms with Crippen LogP contribution in [0.1, 0.15) is 18.1 Å². The van der Waals surface area contributed by atoms with Crippen LogP contribution in [-0.2, 0) is 0 Å². The van der Waals surface area contributed by atoms with Gasteiger partial charge in [-0.15, -0.1) is 0 Å². The fourth-order valence-electron chi connectivity index (χ4n) is 1.22. The fraction of sp³-hybridized carbons (Fsp3) is 0.400. The fourth-order valence-corrected chi connectivity index (χ4v) is 1.46. The highest BCUT2D eigenvalue weighted by atomic mass is 32.1. The van der Waals surface area contributed by atoms with E-state index in [0.29, 0.717) is 12.2 Å². The van der Waals surface area contributed by atoms with Crippen molar-refractivity contribution in [3.63, 3.8) is 0 Å². The van der Waals surface area contributed by atoms with Crippen molar-refractivity contribution in [3.05, 3.63) is 29.8 Å². The molecule has 0 saturated heterocycles. The molecule has 0 bridgehead atoms. The van der Waals surface area contributed by atoms with Crippen molar-refractivity contribution in [2.75, 3.05) is 12.9 Å². The molecule has 1 rings (SSSR count). The van der Waals surface area contributed by atoms with Gasteiger partial charge < -0.3 is 9.84 Å². The molecular weight excluding hydrogens is 184 g/mol. The number of hydrogen-bond donors (Lipinski definition) is 2. The van der Waals surface area contributed by atoms with Crippen molar-refractivity contribution in [2.24, 2.45) is 0 Å². The lowest BCUT2D eigenvalue weighted by Gasteiger charge is -2.13. The minimum absolute atomic E-state index is 0.478. The second-order valence-corrected chi connectivity index (χ2v) is 3.22. The standard InChI is InChI=1S/C10H14O2S/c1-12-10-5-3-2-4-8(10)9(11)6-7-13/h2-5,9,11,13H,6-7H2,1H3. The molecule has 1 aromatic rings. The first-order valence-corrected chi connectivity index (χ1v) is 4.84. The molecule has 0 aliphatic heterocycles. The summed E-state index contributed by atoms with van der Waals surface area (Å²) in [5.41, 5.74) is 0.832. The zero-order valence-electron chi connectivity index (χ0n) is 7.60. The number of methoxy groups -OCH3 is 1. The molecule has 0 aliphatic carbocycles. The van der Waals surface area contributed by atoms with Gasteiger partial charge in [-0.25, -0.2) is 0 Å². The Hall–Kier alpha value is -0.670. The SMILES string of the molecule is COc1ccccc1C(O)CCS. The molecule has 1 atom stereocenters. The van der Waals surface area contributed by atoms with Crippen molar-refractivity contribution < 1.29 is 9.84 Å². The van der Waals surface area contributed by atoms with Gasteiger partial charge in [-0.05, 0) is 18.2 Å². The highest BCUT2D eigenvalue weighted by Gasteiger charge is 2.10. The third-order valence-corrected chi connectivity index (χ3v) is 2.16. The van der Waals surface area contributed by atoms with Crippen molar-refractivity contribution >= 4 is 12.6 Å². The van der Waals surface area contributed by atoms with E-state index in [1.807, 2.05) is 24.3 Å². The predicted octanol–water partition coefficient (Wildman–Crippen LogP) is 2.05. The molecule has 0 amide bonds. The van der Waals surface area contributed by atoms with Crippen LogP contribution in [0, 0.1) is 0 Å². The molecule has 1 unspecified atom stereocenters. The second-order valence-electron chi connectivity index (χ2n) is 2.77. The highest BCUT2D eigenvalue weighted by Crippen LogP contribution is 2.26. The molecule has 0 saturated carbocycles. The Morgan fingerprint density at radius 2 is 2.15 bits per heavy atom. The van der Waals surface area contributed by atoms with E-state index in [2.05, 4.69) is 12.6 Å². The highest BCUT2D eigenvalue weighted by molar-refractivity contribution is 7.80. The van der Waals surface area contributed by atoms with Crippen LogP contribution in [0.25, 0.3) is 0 Å². The lowest BCUT2D eigenvalue weighted by atomic mass is 10.1. The van der Waals surface area contributed by atoms with Gasteiger partial charge in [0.1, 0.15) is 5.75 Å². The molecule has 1 N–H and O–H groups in total. The van der Waals surface area contributed by atoms with Crippen LogP contribution in [0.5, 0.6) is 5.75 Å². The number of hydrogen-bond acceptors (Lipinski definition) is 3. The average molecular weight is 198 g/mol. The number of rotatable bonds is 4. The first-order valence-electron chi connectivity index (χ1n) is 4.21. The normalized spacial score (nSPS) is 12.5. The van der Waals surface area contributed by atoms with Crippen molar-refractivity contribution in [1.29, 1.82) is 0 Å². The zero-order valence-corrected chi connectivity index (χ0v) is 8.50. The molecule has 0 aromatic heterocycles. The molecule has 0 heterocycles. The lowest BCUT2D eigenvalue weighted by Crippen LogP contribution is -2.00. The van der Waals surface area contributed by atoms with Crippen LogP contribution < -0.4 is 4.74 Å². The van der Waals surface area contributed by atoms with Crippen LogP contribution in [-0.4, -0.2) is 18.0 Å². The summed E-state index contributed by atoms with van der Waals surface area (Å²) in [4.78, 5) is 0. The maximum Gasteiger partial charge on any atom is 0.124 e. The zero-order chi connectivity index (χ0) is 9.68. The Kier molecular flexibility index (Phi) is 4.12.